The second kappa shape index (κ2) is 5.20. The van der Waals surface area contributed by atoms with Crippen molar-refractivity contribution in [3.8, 4) is 0 Å². The Kier molecular flexibility index (Phi) is 3.40. The summed E-state index contributed by atoms with van der Waals surface area (Å²) in [6, 6.07) is 3.98. The molecule has 20 heavy (non-hydrogen) atoms. The third kappa shape index (κ3) is 2.65. The summed E-state index contributed by atoms with van der Waals surface area (Å²) in [6.45, 7) is 3.94. The Morgan fingerprint density at radius 1 is 1.25 bits per heavy atom. The molecular weight excluding hydrogens is 254 g/mol. The average Bonchev–Trinajstić information content (AvgIpc) is 2.72. The number of ether oxygens (including phenoxy) is 1. The Morgan fingerprint density at radius 3 is 2.70 bits per heavy atom. The van der Waals surface area contributed by atoms with Gasteiger partial charge in [0, 0.05) is 36.2 Å². The van der Waals surface area contributed by atoms with E-state index in [0.29, 0.717) is 18.0 Å². The molecule has 2 aromatic rings. The van der Waals surface area contributed by atoms with Crippen molar-refractivity contribution in [2.24, 2.45) is 0 Å². The molecular formula is C14H19N5O. The minimum atomic E-state index is 0.376. The molecule has 0 radical (unpaired) electrons. The first kappa shape index (κ1) is 13.1. The van der Waals surface area contributed by atoms with Gasteiger partial charge >= 0.3 is 0 Å². The van der Waals surface area contributed by atoms with Gasteiger partial charge in [-0.2, -0.15) is 5.10 Å². The zero-order chi connectivity index (χ0) is 14.1. The maximum atomic E-state index is 5.32. The number of aromatic nitrogens is 4. The molecule has 2 N–H and O–H groups in total. The van der Waals surface area contributed by atoms with Crippen LogP contribution in [0.1, 0.15) is 35.8 Å². The molecule has 0 aliphatic heterocycles. The standard InChI is InChI=1S/C14H19N5O/c1-8-4-12(10-6-11(7-10)20-3)16-14(15-8)17-13-5-9(2)18-19-13/h4-5,10-11H,6-7H2,1-3H3,(H2,15,16,17,18,19). The molecule has 0 unspecified atom stereocenters. The van der Waals surface area contributed by atoms with Crippen molar-refractivity contribution in [2.75, 3.05) is 12.4 Å². The summed E-state index contributed by atoms with van der Waals surface area (Å²) >= 11 is 0. The molecule has 3 rings (SSSR count). The maximum absolute atomic E-state index is 5.32. The SMILES string of the molecule is COC1CC(c2cc(C)nc(Nc3cc(C)[nH]n3)n2)C1. The number of anilines is 2. The van der Waals surface area contributed by atoms with E-state index in [1.165, 1.54) is 0 Å². The van der Waals surface area contributed by atoms with Crippen LogP contribution in [0.2, 0.25) is 0 Å². The molecule has 1 fully saturated rings. The van der Waals surface area contributed by atoms with Crippen LogP contribution in [0.3, 0.4) is 0 Å². The zero-order valence-electron chi connectivity index (χ0n) is 12.0. The summed E-state index contributed by atoms with van der Waals surface area (Å²) in [5.74, 6) is 1.82. The van der Waals surface area contributed by atoms with Crippen LogP contribution in [0.25, 0.3) is 0 Å². The van der Waals surface area contributed by atoms with Crippen LogP contribution in [0.5, 0.6) is 0 Å². The van der Waals surface area contributed by atoms with Gasteiger partial charge < -0.3 is 10.1 Å². The van der Waals surface area contributed by atoms with Crippen molar-refractivity contribution in [1.82, 2.24) is 20.2 Å². The van der Waals surface area contributed by atoms with E-state index < -0.39 is 0 Å². The van der Waals surface area contributed by atoms with Crippen molar-refractivity contribution in [3.63, 3.8) is 0 Å². The van der Waals surface area contributed by atoms with Gasteiger partial charge in [-0.25, -0.2) is 9.97 Å². The third-order valence-corrected chi connectivity index (χ3v) is 3.67. The Hall–Kier alpha value is -1.95. The normalized spacial score (nSPS) is 21.6. The Labute approximate surface area is 118 Å². The summed E-state index contributed by atoms with van der Waals surface area (Å²) in [7, 11) is 1.76. The first-order valence-electron chi connectivity index (χ1n) is 6.81. The van der Waals surface area contributed by atoms with Crippen LogP contribution >= 0.6 is 0 Å². The molecule has 0 aromatic carbocycles. The molecule has 1 aliphatic rings. The van der Waals surface area contributed by atoms with Gasteiger partial charge in [0.15, 0.2) is 5.82 Å². The van der Waals surface area contributed by atoms with E-state index in [2.05, 4.69) is 31.5 Å². The second-order valence-corrected chi connectivity index (χ2v) is 5.35. The van der Waals surface area contributed by atoms with E-state index in [1.54, 1.807) is 7.11 Å². The average molecular weight is 273 g/mol. The number of methoxy groups -OCH3 is 1. The van der Waals surface area contributed by atoms with E-state index in [1.807, 2.05) is 19.9 Å². The highest BCUT2D eigenvalue weighted by Gasteiger charge is 2.31. The number of aromatic amines is 1. The summed E-state index contributed by atoms with van der Waals surface area (Å²) in [5, 5.41) is 10.2. The summed E-state index contributed by atoms with van der Waals surface area (Å²) in [4.78, 5) is 9.01. The van der Waals surface area contributed by atoms with Gasteiger partial charge in [-0.1, -0.05) is 0 Å². The fraction of sp³-hybridized carbons (Fsp3) is 0.500. The largest absolute Gasteiger partial charge is 0.381 e. The zero-order valence-corrected chi connectivity index (χ0v) is 12.0. The number of rotatable bonds is 4. The van der Waals surface area contributed by atoms with Crippen molar-refractivity contribution in [2.45, 2.75) is 38.7 Å². The van der Waals surface area contributed by atoms with Crippen molar-refractivity contribution < 1.29 is 4.74 Å². The van der Waals surface area contributed by atoms with Crippen LogP contribution in [0, 0.1) is 13.8 Å². The lowest BCUT2D eigenvalue weighted by atomic mass is 9.80. The smallest absolute Gasteiger partial charge is 0.228 e. The monoisotopic (exact) mass is 273 g/mol. The second-order valence-electron chi connectivity index (χ2n) is 5.35. The van der Waals surface area contributed by atoms with E-state index in [-0.39, 0.29) is 0 Å². The van der Waals surface area contributed by atoms with Gasteiger partial charge in [0.1, 0.15) is 0 Å². The first-order valence-corrected chi connectivity index (χ1v) is 6.81. The molecule has 2 aromatic heterocycles. The molecule has 106 valence electrons. The third-order valence-electron chi connectivity index (χ3n) is 3.67. The lowest BCUT2D eigenvalue weighted by Crippen LogP contribution is -2.29. The Morgan fingerprint density at radius 2 is 2.05 bits per heavy atom. The van der Waals surface area contributed by atoms with Crippen LogP contribution in [0.4, 0.5) is 11.8 Å². The van der Waals surface area contributed by atoms with Gasteiger partial charge in [0.2, 0.25) is 5.95 Å². The first-order chi connectivity index (χ1) is 9.64. The molecule has 2 heterocycles. The van der Waals surface area contributed by atoms with Gasteiger partial charge in [0.25, 0.3) is 0 Å². The molecule has 0 amide bonds. The van der Waals surface area contributed by atoms with Crippen LogP contribution in [-0.2, 0) is 4.74 Å². The number of nitrogens with one attached hydrogen (secondary N) is 2. The highest BCUT2D eigenvalue weighted by atomic mass is 16.5. The number of nitrogens with zero attached hydrogens (tertiary/aromatic N) is 3. The highest BCUT2D eigenvalue weighted by Crippen LogP contribution is 2.37. The lowest BCUT2D eigenvalue weighted by Gasteiger charge is -2.33. The fourth-order valence-corrected chi connectivity index (χ4v) is 2.45. The predicted octanol–water partition coefficient (Wildman–Crippen LogP) is 2.45. The van der Waals surface area contributed by atoms with Crippen LogP contribution in [0.15, 0.2) is 12.1 Å². The topological polar surface area (TPSA) is 75.7 Å². The minimum absolute atomic E-state index is 0.376. The van der Waals surface area contributed by atoms with Gasteiger partial charge in [-0.15, -0.1) is 0 Å². The van der Waals surface area contributed by atoms with Crippen molar-refractivity contribution in [1.29, 1.82) is 0 Å². The lowest BCUT2D eigenvalue weighted by molar-refractivity contribution is 0.0247. The molecule has 6 nitrogen and oxygen atoms in total. The highest BCUT2D eigenvalue weighted by molar-refractivity contribution is 5.48. The van der Waals surface area contributed by atoms with Crippen molar-refractivity contribution in [3.05, 3.63) is 29.2 Å². The predicted molar refractivity (Wildman–Crippen MR) is 76.1 cm³/mol. The summed E-state index contributed by atoms with van der Waals surface area (Å²) < 4.78 is 5.32. The Balaban J connectivity index is 1.77. The maximum Gasteiger partial charge on any atom is 0.228 e. The summed E-state index contributed by atoms with van der Waals surface area (Å²) in [6.07, 6.45) is 2.45. The molecule has 1 aliphatic carbocycles. The summed E-state index contributed by atoms with van der Waals surface area (Å²) in [5.41, 5.74) is 3.05. The molecule has 0 spiro atoms. The molecule has 0 atom stereocenters. The van der Waals surface area contributed by atoms with Crippen LogP contribution in [-0.4, -0.2) is 33.4 Å². The Bertz CT molecular complexity index is 603. The number of aryl methyl sites for hydroxylation is 2. The molecule has 6 heteroatoms. The van der Waals surface area contributed by atoms with Gasteiger partial charge in [-0.3, -0.25) is 5.10 Å². The van der Waals surface area contributed by atoms with E-state index in [0.717, 1.165) is 35.7 Å². The molecule has 0 bridgehead atoms. The fourth-order valence-electron chi connectivity index (χ4n) is 2.45. The number of H-pyrrole nitrogens is 1. The van der Waals surface area contributed by atoms with E-state index in [9.17, 15) is 0 Å². The van der Waals surface area contributed by atoms with Crippen molar-refractivity contribution >= 4 is 11.8 Å². The molecule has 0 saturated heterocycles. The van der Waals surface area contributed by atoms with E-state index in [4.69, 9.17) is 4.74 Å². The number of hydrogen-bond donors (Lipinski definition) is 2. The minimum Gasteiger partial charge on any atom is -0.381 e. The van der Waals surface area contributed by atoms with Gasteiger partial charge in [0.05, 0.1) is 6.10 Å². The quantitative estimate of drug-likeness (QED) is 0.895. The van der Waals surface area contributed by atoms with E-state index >= 15 is 0 Å². The van der Waals surface area contributed by atoms with Crippen LogP contribution < -0.4 is 5.32 Å². The number of hydrogen-bond acceptors (Lipinski definition) is 5. The van der Waals surface area contributed by atoms with Gasteiger partial charge in [-0.05, 0) is 32.8 Å². The molecule has 1 saturated carbocycles.